The van der Waals surface area contributed by atoms with Crippen molar-refractivity contribution in [1.29, 1.82) is 0 Å². The van der Waals surface area contributed by atoms with E-state index in [9.17, 15) is 4.79 Å². The van der Waals surface area contributed by atoms with Gasteiger partial charge in [-0.05, 0) is 30.9 Å². The molecule has 0 saturated carbocycles. The van der Waals surface area contributed by atoms with Gasteiger partial charge in [0.2, 0.25) is 5.91 Å². The van der Waals surface area contributed by atoms with Crippen molar-refractivity contribution in [1.82, 2.24) is 20.7 Å². The zero-order chi connectivity index (χ0) is 19.7. The largest absolute Gasteiger partial charge is 0.357 e. The number of nitrogens with one attached hydrogen (secondary N) is 3. The Bertz CT molecular complexity index is 922. The molecule has 1 unspecified atom stereocenters. The van der Waals surface area contributed by atoms with Crippen molar-refractivity contribution in [2.75, 3.05) is 19.0 Å². The summed E-state index contributed by atoms with van der Waals surface area (Å²) in [6.07, 6.45) is 5.36. The Morgan fingerprint density at radius 3 is 2.93 bits per heavy atom. The van der Waals surface area contributed by atoms with Gasteiger partial charge in [-0.3, -0.25) is 9.80 Å². The number of hydrogen-bond donors (Lipinski definition) is 3. The highest BCUT2D eigenvalue weighted by Gasteiger charge is 2.27. The Kier molecular flexibility index (Phi) is 6.04. The summed E-state index contributed by atoms with van der Waals surface area (Å²) < 4.78 is 5.87. The monoisotopic (exact) mass is 442 g/mol. The number of carbonyl (C=O) groups is 1. The number of H-pyrrole nitrogens is 1. The van der Waals surface area contributed by atoms with E-state index in [1.165, 1.54) is 0 Å². The second-order valence-corrected chi connectivity index (χ2v) is 7.94. The molecule has 1 saturated heterocycles. The van der Waals surface area contributed by atoms with Gasteiger partial charge in [-0.25, -0.2) is 5.43 Å². The molecule has 1 aromatic carbocycles. The van der Waals surface area contributed by atoms with Crippen molar-refractivity contribution in [2.24, 2.45) is 0 Å². The number of fused-ring (bicyclic) bond motifs is 1. The van der Waals surface area contributed by atoms with E-state index in [4.69, 9.17) is 39.5 Å². The average molecular weight is 444 g/mol. The molecule has 6 nitrogen and oxygen atoms in total. The second kappa shape index (κ2) is 8.51. The van der Waals surface area contributed by atoms with Crippen molar-refractivity contribution in [3.05, 3.63) is 39.6 Å². The molecule has 0 spiro atoms. The van der Waals surface area contributed by atoms with Gasteiger partial charge < -0.3 is 15.0 Å². The molecule has 28 heavy (non-hydrogen) atoms. The predicted octanol–water partition coefficient (Wildman–Crippen LogP) is 4.02. The lowest BCUT2D eigenvalue weighted by Crippen LogP contribution is -2.41. The van der Waals surface area contributed by atoms with E-state index in [1.54, 1.807) is 6.07 Å². The molecule has 4 rings (SSSR count). The number of halogens is 3. The maximum atomic E-state index is 11.7. The number of amides is 1. The van der Waals surface area contributed by atoms with Gasteiger partial charge in [-0.2, -0.15) is 0 Å². The first-order valence-corrected chi connectivity index (χ1v) is 10.5. The van der Waals surface area contributed by atoms with Gasteiger partial charge in [0.25, 0.3) is 0 Å². The highest BCUT2D eigenvalue weighted by molar-refractivity contribution is 6.45. The maximum Gasteiger partial charge on any atom is 0.235 e. The summed E-state index contributed by atoms with van der Waals surface area (Å²) >= 11 is 18.2. The zero-order valence-corrected chi connectivity index (χ0v) is 17.4. The minimum absolute atomic E-state index is 0.0360. The molecule has 9 heteroatoms. The summed E-state index contributed by atoms with van der Waals surface area (Å²) in [5.41, 5.74) is 7.11. The van der Waals surface area contributed by atoms with Gasteiger partial charge in [-0.15, -0.1) is 11.6 Å². The van der Waals surface area contributed by atoms with E-state index in [0.29, 0.717) is 23.1 Å². The number of hydrogen-bond acceptors (Lipinski definition) is 4. The van der Waals surface area contributed by atoms with E-state index in [-0.39, 0.29) is 18.0 Å². The van der Waals surface area contributed by atoms with E-state index >= 15 is 0 Å². The molecule has 0 radical (unpaired) electrons. The minimum Gasteiger partial charge on any atom is -0.357 e. The minimum atomic E-state index is -0.230. The summed E-state index contributed by atoms with van der Waals surface area (Å²) in [7, 11) is 0. The van der Waals surface area contributed by atoms with Crippen LogP contribution < -0.4 is 10.7 Å². The molecule has 2 aromatic rings. The van der Waals surface area contributed by atoms with E-state index in [2.05, 4.69) is 21.9 Å². The molecular formula is C19H21Cl3N4O2. The fourth-order valence-corrected chi connectivity index (χ4v) is 4.17. The van der Waals surface area contributed by atoms with E-state index in [0.717, 1.165) is 53.6 Å². The number of carbonyl (C=O) groups excluding carboxylic acids is 1. The number of aromatic amines is 1. The van der Waals surface area contributed by atoms with Crippen molar-refractivity contribution < 1.29 is 9.53 Å². The van der Waals surface area contributed by atoms with Crippen molar-refractivity contribution >= 4 is 57.2 Å². The first-order valence-electron chi connectivity index (χ1n) is 9.24. The fourth-order valence-electron chi connectivity index (χ4n) is 3.71. The first kappa shape index (κ1) is 19.9. The van der Waals surface area contributed by atoms with Crippen LogP contribution in [0.1, 0.15) is 30.5 Å². The van der Waals surface area contributed by atoms with Crippen LogP contribution in [0.25, 0.3) is 16.5 Å². The van der Waals surface area contributed by atoms with Crippen LogP contribution in [0.4, 0.5) is 0 Å². The van der Waals surface area contributed by atoms with Crippen LogP contribution in [-0.4, -0.2) is 41.2 Å². The number of benzene rings is 1. The number of nitrogens with zero attached hydrogens (tertiary/aromatic N) is 1. The van der Waals surface area contributed by atoms with E-state index < -0.39 is 0 Å². The van der Waals surface area contributed by atoms with Crippen LogP contribution in [0.15, 0.2) is 18.3 Å². The third kappa shape index (κ3) is 3.84. The van der Waals surface area contributed by atoms with Gasteiger partial charge in [0.05, 0.1) is 22.1 Å². The Balaban J connectivity index is 1.71. The molecule has 2 aliphatic rings. The molecule has 150 valence electrons. The zero-order valence-electron chi connectivity index (χ0n) is 15.2. The van der Waals surface area contributed by atoms with E-state index in [1.807, 2.05) is 11.1 Å². The van der Waals surface area contributed by atoms with Crippen molar-refractivity contribution in [2.45, 2.75) is 32.0 Å². The Labute approximate surface area is 178 Å². The fraction of sp³-hybridized carbons (Fsp3) is 0.421. The second-order valence-electron chi connectivity index (χ2n) is 6.89. The van der Waals surface area contributed by atoms with Crippen LogP contribution in [0.5, 0.6) is 0 Å². The lowest BCUT2D eigenvalue weighted by molar-refractivity contribution is -0.118. The number of rotatable bonds is 5. The molecule has 1 atom stereocenters. The first-order chi connectivity index (χ1) is 13.6. The number of hydrazine groups is 1. The molecular weight excluding hydrogens is 423 g/mol. The quantitative estimate of drug-likeness (QED) is 0.611. The molecule has 1 amide bonds. The number of alkyl halides is 1. The number of ether oxygens (including phenoxy) is 1. The maximum absolute atomic E-state index is 11.7. The van der Waals surface area contributed by atoms with Crippen LogP contribution in [0, 0.1) is 0 Å². The third-order valence-electron chi connectivity index (χ3n) is 5.06. The molecule has 0 bridgehead atoms. The predicted molar refractivity (Wildman–Crippen MR) is 112 cm³/mol. The molecule has 3 heterocycles. The highest BCUT2D eigenvalue weighted by Crippen LogP contribution is 2.37. The molecule has 2 aliphatic heterocycles. The van der Waals surface area contributed by atoms with Gasteiger partial charge in [0.1, 0.15) is 12.1 Å². The molecule has 1 aromatic heterocycles. The number of aromatic nitrogens is 1. The summed E-state index contributed by atoms with van der Waals surface area (Å²) in [6.45, 7) is 1.76. The highest BCUT2D eigenvalue weighted by atomic mass is 35.5. The Morgan fingerprint density at radius 1 is 1.32 bits per heavy atom. The van der Waals surface area contributed by atoms with Gasteiger partial charge in [0, 0.05) is 36.0 Å². The molecule has 3 N–H and O–H groups in total. The Morgan fingerprint density at radius 2 is 2.18 bits per heavy atom. The lowest BCUT2D eigenvalue weighted by Gasteiger charge is -2.30. The van der Waals surface area contributed by atoms with Crippen LogP contribution in [-0.2, 0) is 16.1 Å². The SMILES string of the molecule is O=C(CCl)NCc1[nH]c2c(Cl)c(Cl)ccc2c1C1=CN(C2CCCCO2)NC1. The van der Waals surface area contributed by atoms with Crippen LogP contribution >= 0.6 is 34.8 Å². The summed E-state index contributed by atoms with van der Waals surface area (Å²) in [5, 5.41) is 6.76. The van der Waals surface area contributed by atoms with Crippen molar-refractivity contribution in [3.63, 3.8) is 0 Å². The van der Waals surface area contributed by atoms with Crippen LogP contribution in [0.2, 0.25) is 10.0 Å². The van der Waals surface area contributed by atoms with Gasteiger partial charge in [-0.1, -0.05) is 29.3 Å². The molecule has 1 fully saturated rings. The molecule has 0 aliphatic carbocycles. The Hall–Kier alpha value is -1.44. The van der Waals surface area contributed by atoms with Gasteiger partial charge >= 0.3 is 0 Å². The van der Waals surface area contributed by atoms with Crippen molar-refractivity contribution in [3.8, 4) is 0 Å². The average Bonchev–Trinajstić information content (AvgIpc) is 3.34. The van der Waals surface area contributed by atoms with Gasteiger partial charge in [0.15, 0.2) is 0 Å². The smallest absolute Gasteiger partial charge is 0.235 e. The normalized spacial score (nSPS) is 19.9. The standard InChI is InChI=1S/C19H21Cl3N4O2/c20-7-15(27)23-9-14-17(12-4-5-13(21)18(22)19(12)25-14)11-8-24-26(10-11)16-3-1-2-6-28-16/h4-5,10,16,24-25H,1-3,6-9H2,(H,23,27). The third-order valence-corrected chi connectivity index (χ3v) is 6.11. The van der Waals surface area contributed by atoms with Crippen LogP contribution in [0.3, 0.4) is 0 Å². The summed E-state index contributed by atoms with van der Waals surface area (Å²) in [6, 6.07) is 3.73. The lowest BCUT2D eigenvalue weighted by atomic mass is 10.0. The topological polar surface area (TPSA) is 69.4 Å². The summed E-state index contributed by atoms with van der Waals surface area (Å²) in [4.78, 5) is 15.0. The summed E-state index contributed by atoms with van der Waals surface area (Å²) in [5.74, 6) is -0.315.